The summed E-state index contributed by atoms with van der Waals surface area (Å²) in [6.07, 6.45) is -0.839. The molecule has 5 atom stereocenters. The van der Waals surface area contributed by atoms with Crippen LogP contribution in [0.4, 0.5) is 0 Å². The minimum Gasteiger partial charge on any atom is -0.481 e. The van der Waals surface area contributed by atoms with Crippen molar-refractivity contribution in [3.63, 3.8) is 0 Å². The van der Waals surface area contributed by atoms with Gasteiger partial charge in [0.2, 0.25) is 5.88 Å². The number of nitrogens with zero attached hydrogens (tertiary/aromatic N) is 2. The van der Waals surface area contributed by atoms with Crippen molar-refractivity contribution in [2.45, 2.75) is 29.6 Å². The Labute approximate surface area is 273 Å². The molecule has 8 heteroatoms. The van der Waals surface area contributed by atoms with E-state index in [9.17, 15) is 10.2 Å². The van der Waals surface area contributed by atoms with Crippen LogP contribution in [-0.2, 0) is 17.6 Å². The first-order chi connectivity index (χ1) is 21.8. The normalized spacial score (nSPS) is 25.2. The standard InChI is InChI=1S/C37H28BrClN2O4/c1-44-35-33-30(20-31(39)41-35)45-37(24-14-16-25(38)17-15-24)32(21-8-3-2-4-9-21)27(34(42)36(33,37)43)18-22-11-7-13-29-26(22)19-23-10-5-6-12-28(23)40-29/h2-17,19-20,27,32,34,42-43H,18H2,1H3. The van der Waals surface area contributed by atoms with Crippen molar-refractivity contribution in [1.82, 2.24) is 9.97 Å². The van der Waals surface area contributed by atoms with E-state index in [-0.39, 0.29) is 11.0 Å². The van der Waals surface area contributed by atoms with Gasteiger partial charge in [-0.3, -0.25) is 0 Å². The minimum absolute atomic E-state index is 0.117. The fraction of sp³-hybridized carbons (Fsp3) is 0.189. The lowest BCUT2D eigenvalue weighted by molar-refractivity contribution is -0.152. The third-order valence-electron chi connectivity index (χ3n) is 9.57. The van der Waals surface area contributed by atoms with Crippen LogP contribution in [0.25, 0.3) is 21.8 Å². The molecule has 8 rings (SSSR count). The fourth-order valence-electron chi connectivity index (χ4n) is 7.77. The zero-order valence-corrected chi connectivity index (χ0v) is 26.5. The number of pyridine rings is 2. The number of aliphatic hydroxyl groups excluding tert-OH is 1. The van der Waals surface area contributed by atoms with Crippen molar-refractivity contribution in [1.29, 1.82) is 0 Å². The van der Waals surface area contributed by atoms with Gasteiger partial charge < -0.3 is 19.7 Å². The third-order valence-corrected chi connectivity index (χ3v) is 10.3. The molecule has 4 aromatic carbocycles. The third kappa shape index (κ3) is 4.08. The van der Waals surface area contributed by atoms with E-state index in [0.717, 1.165) is 37.4 Å². The number of para-hydroxylation sites is 1. The maximum atomic E-state index is 13.2. The van der Waals surface area contributed by atoms with Crippen LogP contribution in [0.1, 0.15) is 28.2 Å². The summed E-state index contributed by atoms with van der Waals surface area (Å²) in [6.45, 7) is 0. The van der Waals surface area contributed by atoms with Crippen LogP contribution >= 0.6 is 27.5 Å². The number of hydrogen-bond acceptors (Lipinski definition) is 6. The number of aromatic nitrogens is 2. The summed E-state index contributed by atoms with van der Waals surface area (Å²) in [5.41, 5.74) is 1.35. The lowest BCUT2D eigenvalue weighted by Crippen LogP contribution is -2.52. The number of rotatable bonds is 5. The predicted molar refractivity (Wildman–Crippen MR) is 178 cm³/mol. The molecule has 6 aromatic rings. The highest BCUT2D eigenvalue weighted by atomic mass is 79.9. The van der Waals surface area contributed by atoms with Gasteiger partial charge in [-0.05, 0) is 53.4 Å². The zero-order valence-electron chi connectivity index (χ0n) is 24.2. The predicted octanol–water partition coefficient (Wildman–Crippen LogP) is 7.70. The summed E-state index contributed by atoms with van der Waals surface area (Å²) < 4.78 is 13.5. The summed E-state index contributed by atoms with van der Waals surface area (Å²) in [5, 5.41) is 28.0. The van der Waals surface area contributed by atoms with Gasteiger partial charge in [0.1, 0.15) is 10.9 Å². The summed E-state index contributed by atoms with van der Waals surface area (Å²) in [6, 6.07) is 35.6. The molecule has 2 aromatic heterocycles. The van der Waals surface area contributed by atoms with Crippen molar-refractivity contribution in [3.8, 4) is 11.6 Å². The topological polar surface area (TPSA) is 84.7 Å². The van der Waals surface area contributed by atoms with Gasteiger partial charge in [0, 0.05) is 33.1 Å². The van der Waals surface area contributed by atoms with Gasteiger partial charge in [-0.15, -0.1) is 0 Å². The zero-order chi connectivity index (χ0) is 30.9. The molecule has 6 nitrogen and oxygen atoms in total. The molecule has 1 aliphatic heterocycles. The van der Waals surface area contributed by atoms with Gasteiger partial charge in [-0.2, -0.15) is 0 Å². The lowest BCUT2D eigenvalue weighted by Gasteiger charge is -2.41. The largest absolute Gasteiger partial charge is 0.481 e. The number of methoxy groups -OCH3 is 1. The molecule has 3 heterocycles. The smallest absolute Gasteiger partial charge is 0.224 e. The van der Waals surface area contributed by atoms with Crippen LogP contribution in [0.5, 0.6) is 11.6 Å². The van der Waals surface area contributed by atoms with E-state index in [0.29, 0.717) is 23.3 Å². The summed E-state index contributed by atoms with van der Waals surface area (Å²) in [7, 11) is 1.48. The first-order valence-electron chi connectivity index (χ1n) is 14.8. The Morgan fingerprint density at radius 1 is 0.889 bits per heavy atom. The molecule has 5 unspecified atom stereocenters. The van der Waals surface area contributed by atoms with Crippen LogP contribution < -0.4 is 9.47 Å². The Balaban J connectivity index is 1.39. The Kier molecular flexibility index (Phi) is 6.66. The highest BCUT2D eigenvalue weighted by molar-refractivity contribution is 9.10. The van der Waals surface area contributed by atoms with E-state index in [1.165, 1.54) is 7.11 Å². The van der Waals surface area contributed by atoms with E-state index in [1.54, 1.807) is 6.07 Å². The molecule has 2 aliphatic rings. The summed E-state index contributed by atoms with van der Waals surface area (Å²) >= 11 is 9.98. The second kappa shape index (κ2) is 10.5. The monoisotopic (exact) mass is 678 g/mol. The first-order valence-corrected chi connectivity index (χ1v) is 15.9. The van der Waals surface area contributed by atoms with E-state index < -0.39 is 29.1 Å². The number of aliphatic hydroxyl groups is 2. The molecule has 2 N–H and O–H groups in total. The maximum Gasteiger partial charge on any atom is 0.224 e. The van der Waals surface area contributed by atoms with Crippen LogP contribution in [0.15, 0.2) is 114 Å². The molecule has 224 valence electrons. The van der Waals surface area contributed by atoms with Crippen LogP contribution in [0.2, 0.25) is 5.15 Å². The van der Waals surface area contributed by atoms with Crippen LogP contribution in [0.3, 0.4) is 0 Å². The molecule has 0 radical (unpaired) electrons. The Morgan fingerprint density at radius 3 is 2.40 bits per heavy atom. The molecule has 0 saturated heterocycles. The Morgan fingerprint density at radius 2 is 1.62 bits per heavy atom. The Bertz CT molecular complexity index is 2090. The van der Waals surface area contributed by atoms with Crippen LogP contribution in [-0.4, -0.2) is 33.4 Å². The van der Waals surface area contributed by atoms with Gasteiger partial charge in [0.25, 0.3) is 0 Å². The van der Waals surface area contributed by atoms with Crippen molar-refractivity contribution in [3.05, 3.63) is 141 Å². The molecular weight excluding hydrogens is 652 g/mol. The highest BCUT2D eigenvalue weighted by Crippen LogP contribution is 2.70. The second-order valence-electron chi connectivity index (χ2n) is 11.8. The number of hydrogen-bond donors (Lipinski definition) is 2. The molecule has 0 spiro atoms. The molecule has 0 bridgehead atoms. The SMILES string of the molecule is COc1nc(Cl)cc2c1C1(O)C(O)C(Cc3cccc4nc5ccccc5cc34)C(c3ccccc3)C1(c1ccc(Br)cc1)O2. The number of halogens is 2. The molecule has 45 heavy (non-hydrogen) atoms. The lowest BCUT2D eigenvalue weighted by atomic mass is 9.70. The number of fused-ring (bicyclic) bond motifs is 5. The molecule has 1 aliphatic carbocycles. The van der Waals surface area contributed by atoms with Crippen molar-refractivity contribution in [2.75, 3.05) is 7.11 Å². The fourth-order valence-corrected chi connectivity index (χ4v) is 8.21. The number of ether oxygens (including phenoxy) is 2. The van der Waals surface area contributed by atoms with Gasteiger partial charge >= 0.3 is 0 Å². The van der Waals surface area contributed by atoms with Gasteiger partial charge in [0.15, 0.2) is 11.2 Å². The van der Waals surface area contributed by atoms with Crippen molar-refractivity contribution < 1.29 is 19.7 Å². The van der Waals surface area contributed by atoms with Gasteiger partial charge in [-0.1, -0.05) is 100 Å². The highest BCUT2D eigenvalue weighted by Gasteiger charge is 2.76. The van der Waals surface area contributed by atoms with Gasteiger partial charge in [0.05, 0.1) is 29.8 Å². The number of benzene rings is 4. The summed E-state index contributed by atoms with van der Waals surface area (Å²) in [4.78, 5) is 9.33. The minimum atomic E-state index is -1.94. The van der Waals surface area contributed by atoms with Crippen LogP contribution in [0, 0.1) is 5.92 Å². The van der Waals surface area contributed by atoms with Crippen molar-refractivity contribution in [2.24, 2.45) is 5.92 Å². The molecule has 1 fully saturated rings. The van der Waals surface area contributed by atoms with E-state index in [1.807, 2.05) is 84.9 Å². The first kappa shape index (κ1) is 28.5. The second-order valence-corrected chi connectivity index (χ2v) is 13.1. The van der Waals surface area contributed by atoms with Crippen molar-refractivity contribution >= 4 is 49.3 Å². The molecular formula is C37H28BrClN2O4. The quantitative estimate of drug-likeness (QED) is 0.144. The molecule has 1 saturated carbocycles. The average molecular weight is 680 g/mol. The summed E-state index contributed by atoms with van der Waals surface area (Å²) in [5.74, 6) is -0.547. The average Bonchev–Trinajstić information content (AvgIpc) is 3.42. The van der Waals surface area contributed by atoms with E-state index in [4.69, 9.17) is 26.1 Å². The van der Waals surface area contributed by atoms with E-state index in [2.05, 4.69) is 39.1 Å². The Hall–Kier alpha value is -4.01. The van der Waals surface area contributed by atoms with Gasteiger partial charge in [-0.25, -0.2) is 9.97 Å². The van der Waals surface area contributed by atoms with E-state index >= 15 is 0 Å². The molecule has 0 amide bonds. The maximum absolute atomic E-state index is 13.2.